The highest BCUT2D eigenvalue weighted by molar-refractivity contribution is 7.09. The van der Waals surface area contributed by atoms with E-state index in [1.54, 1.807) is 37.6 Å². The fourth-order valence-electron chi connectivity index (χ4n) is 2.58. The minimum absolute atomic E-state index is 0.0103. The molecule has 0 spiro atoms. The van der Waals surface area contributed by atoms with Crippen LogP contribution in [0.2, 0.25) is 5.02 Å². The number of rotatable bonds is 7. The van der Waals surface area contributed by atoms with Gasteiger partial charge in [-0.15, -0.1) is 11.3 Å². The second kappa shape index (κ2) is 9.82. The van der Waals surface area contributed by atoms with Gasteiger partial charge in [-0.2, -0.15) is 4.98 Å². The molecule has 0 bridgehead atoms. The number of halogens is 1. The molecule has 0 amide bonds. The fraction of sp³-hybridized carbons (Fsp3) is 0.368. The maximum atomic E-state index is 5.91. The smallest absolute Gasteiger partial charge is 0.246 e. The number of aliphatic imine (C=N–C) groups is 1. The maximum Gasteiger partial charge on any atom is 0.246 e. The number of aromatic nitrogens is 3. The van der Waals surface area contributed by atoms with E-state index < -0.39 is 0 Å². The Bertz CT molecular complexity index is 956. The highest BCUT2D eigenvalue weighted by atomic mass is 35.5. The van der Waals surface area contributed by atoms with Crippen LogP contribution < -0.4 is 5.32 Å². The normalized spacial score (nSPS) is 12.8. The molecule has 1 unspecified atom stereocenters. The molecule has 0 radical (unpaired) electrons. The molecule has 8 nitrogen and oxygen atoms in total. The Kier molecular flexibility index (Phi) is 7.18. The van der Waals surface area contributed by atoms with Crippen LogP contribution in [0, 0.1) is 0 Å². The molecule has 1 atom stereocenters. The largest absolute Gasteiger partial charge is 0.375 e. The number of benzene rings is 1. The number of hydrogen-bond acceptors (Lipinski definition) is 7. The van der Waals surface area contributed by atoms with Gasteiger partial charge in [0.25, 0.3) is 0 Å². The summed E-state index contributed by atoms with van der Waals surface area (Å²) in [4.78, 5) is 15.3. The number of guanidine groups is 1. The van der Waals surface area contributed by atoms with E-state index in [4.69, 9.17) is 20.9 Å². The van der Waals surface area contributed by atoms with Gasteiger partial charge in [0.15, 0.2) is 5.96 Å². The van der Waals surface area contributed by atoms with Gasteiger partial charge < -0.3 is 19.5 Å². The van der Waals surface area contributed by atoms with Crippen molar-refractivity contribution in [1.82, 2.24) is 25.3 Å². The summed E-state index contributed by atoms with van der Waals surface area (Å²) in [7, 11) is 5.35. The van der Waals surface area contributed by atoms with Crippen LogP contribution in [-0.2, 0) is 17.8 Å². The highest BCUT2D eigenvalue weighted by Crippen LogP contribution is 2.21. The SMILES string of the molecule is CN=C(NCc1nc(-c2ccc(Cl)cc2)no1)N(C)Cc1csc(C(C)OC)n1. The molecule has 2 heterocycles. The monoisotopic (exact) mass is 434 g/mol. The number of ether oxygens (including phenoxy) is 1. The summed E-state index contributed by atoms with van der Waals surface area (Å²) < 4.78 is 10.6. The van der Waals surface area contributed by atoms with Crippen LogP contribution in [0.15, 0.2) is 39.2 Å². The number of thiazole rings is 1. The van der Waals surface area contributed by atoms with Crippen LogP contribution in [-0.4, -0.2) is 47.2 Å². The summed E-state index contributed by atoms with van der Waals surface area (Å²) in [5.74, 6) is 1.68. The maximum absolute atomic E-state index is 5.91. The van der Waals surface area contributed by atoms with E-state index >= 15 is 0 Å². The van der Waals surface area contributed by atoms with Crippen molar-refractivity contribution in [2.75, 3.05) is 21.2 Å². The average molecular weight is 435 g/mol. The second-order valence-corrected chi connectivity index (χ2v) is 7.66. The van der Waals surface area contributed by atoms with E-state index in [1.807, 2.05) is 36.4 Å². The van der Waals surface area contributed by atoms with Crippen LogP contribution in [0.25, 0.3) is 11.4 Å². The Hall–Kier alpha value is -2.49. The van der Waals surface area contributed by atoms with Crippen molar-refractivity contribution in [1.29, 1.82) is 0 Å². The van der Waals surface area contributed by atoms with E-state index in [2.05, 4.69) is 25.4 Å². The zero-order valence-electron chi connectivity index (χ0n) is 16.7. The number of hydrogen-bond donors (Lipinski definition) is 1. The third kappa shape index (κ3) is 5.53. The van der Waals surface area contributed by atoms with E-state index in [9.17, 15) is 0 Å². The zero-order chi connectivity index (χ0) is 20.8. The summed E-state index contributed by atoms with van der Waals surface area (Å²) in [5, 5.41) is 10.9. The molecular weight excluding hydrogens is 412 g/mol. The predicted molar refractivity (Wildman–Crippen MR) is 114 cm³/mol. The Morgan fingerprint density at radius 2 is 2.10 bits per heavy atom. The van der Waals surface area contributed by atoms with Crippen molar-refractivity contribution in [2.24, 2.45) is 4.99 Å². The molecule has 0 aliphatic rings. The van der Waals surface area contributed by atoms with Gasteiger partial charge in [0, 0.05) is 37.2 Å². The Labute approximate surface area is 178 Å². The lowest BCUT2D eigenvalue weighted by molar-refractivity contribution is 0.119. The van der Waals surface area contributed by atoms with Gasteiger partial charge in [0.1, 0.15) is 11.1 Å². The molecular formula is C19H23ClN6O2S. The Balaban J connectivity index is 1.57. The Morgan fingerprint density at radius 3 is 2.79 bits per heavy atom. The summed E-state index contributed by atoms with van der Waals surface area (Å²) in [6, 6.07) is 7.28. The zero-order valence-corrected chi connectivity index (χ0v) is 18.3. The molecule has 10 heteroatoms. The lowest BCUT2D eigenvalue weighted by Gasteiger charge is -2.20. The van der Waals surface area contributed by atoms with Crippen LogP contribution in [0.3, 0.4) is 0 Å². The van der Waals surface area contributed by atoms with Crippen molar-refractivity contribution >= 4 is 28.9 Å². The van der Waals surface area contributed by atoms with Gasteiger partial charge in [-0.25, -0.2) is 4.98 Å². The van der Waals surface area contributed by atoms with Gasteiger partial charge in [-0.1, -0.05) is 16.8 Å². The lowest BCUT2D eigenvalue weighted by atomic mass is 10.2. The number of nitrogens with zero attached hydrogens (tertiary/aromatic N) is 5. The van der Waals surface area contributed by atoms with Crippen molar-refractivity contribution < 1.29 is 9.26 Å². The molecule has 3 rings (SSSR count). The van der Waals surface area contributed by atoms with Gasteiger partial charge >= 0.3 is 0 Å². The third-order valence-electron chi connectivity index (χ3n) is 4.21. The van der Waals surface area contributed by atoms with Crippen LogP contribution in [0.5, 0.6) is 0 Å². The first-order chi connectivity index (χ1) is 14.0. The average Bonchev–Trinajstić information content (AvgIpc) is 3.38. The molecule has 0 saturated carbocycles. The molecule has 1 N–H and O–H groups in total. The molecule has 29 heavy (non-hydrogen) atoms. The van der Waals surface area contributed by atoms with E-state index in [0.717, 1.165) is 16.3 Å². The minimum atomic E-state index is -0.0103. The quantitative estimate of drug-likeness (QED) is 0.447. The Morgan fingerprint density at radius 1 is 1.34 bits per heavy atom. The first-order valence-corrected chi connectivity index (χ1v) is 10.2. The molecule has 0 aliphatic heterocycles. The van der Waals surface area contributed by atoms with Crippen molar-refractivity contribution in [3.05, 3.63) is 51.3 Å². The van der Waals surface area contributed by atoms with Crippen molar-refractivity contribution in [3.8, 4) is 11.4 Å². The fourth-order valence-corrected chi connectivity index (χ4v) is 3.55. The highest BCUT2D eigenvalue weighted by Gasteiger charge is 2.14. The number of nitrogens with one attached hydrogen (secondary N) is 1. The number of methoxy groups -OCH3 is 1. The lowest BCUT2D eigenvalue weighted by Crippen LogP contribution is -2.38. The van der Waals surface area contributed by atoms with E-state index in [-0.39, 0.29) is 6.10 Å². The predicted octanol–water partition coefficient (Wildman–Crippen LogP) is 3.76. The van der Waals surface area contributed by atoms with E-state index in [1.165, 1.54) is 0 Å². The van der Waals surface area contributed by atoms with Gasteiger partial charge in [0.2, 0.25) is 11.7 Å². The molecule has 3 aromatic rings. The molecule has 0 aliphatic carbocycles. The molecule has 0 saturated heterocycles. The second-order valence-electron chi connectivity index (χ2n) is 6.33. The topological polar surface area (TPSA) is 88.7 Å². The summed E-state index contributed by atoms with van der Waals surface area (Å²) in [6.07, 6.45) is -0.0103. The summed E-state index contributed by atoms with van der Waals surface area (Å²) in [6.45, 7) is 2.96. The van der Waals surface area contributed by atoms with Gasteiger partial charge in [-0.3, -0.25) is 4.99 Å². The van der Waals surface area contributed by atoms with Crippen LogP contribution >= 0.6 is 22.9 Å². The van der Waals surface area contributed by atoms with Crippen LogP contribution in [0.4, 0.5) is 0 Å². The molecule has 0 fully saturated rings. The first-order valence-electron chi connectivity index (χ1n) is 8.97. The third-order valence-corrected chi connectivity index (χ3v) is 5.52. The summed E-state index contributed by atoms with van der Waals surface area (Å²) in [5.41, 5.74) is 1.80. The molecule has 1 aromatic carbocycles. The minimum Gasteiger partial charge on any atom is -0.375 e. The van der Waals surface area contributed by atoms with Crippen molar-refractivity contribution in [2.45, 2.75) is 26.1 Å². The molecule has 2 aromatic heterocycles. The van der Waals surface area contributed by atoms with Gasteiger partial charge in [-0.05, 0) is 31.2 Å². The first kappa shape index (κ1) is 21.2. The van der Waals surface area contributed by atoms with Crippen LogP contribution in [0.1, 0.15) is 29.6 Å². The van der Waals surface area contributed by atoms with Gasteiger partial charge in [0.05, 0.1) is 18.8 Å². The van der Waals surface area contributed by atoms with E-state index in [0.29, 0.717) is 35.8 Å². The van der Waals surface area contributed by atoms with Crippen molar-refractivity contribution in [3.63, 3.8) is 0 Å². The molecule has 154 valence electrons. The standard InChI is InChI=1S/C19H23ClN6O2S/c1-12(27-4)18-23-15(11-29-18)10-26(3)19(21-2)22-9-16-24-17(25-28-16)13-5-7-14(20)8-6-13/h5-8,11-12H,9-10H2,1-4H3,(H,21,22). The summed E-state index contributed by atoms with van der Waals surface area (Å²) >= 11 is 7.51.